The fraction of sp³-hybridized carbons (Fsp3) is 0.688. The summed E-state index contributed by atoms with van der Waals surface area (Å²) >= 11 is 1.70. The zero-order valence-corrected chi connectivity index (χ0v) is 13.6. The van der Waals surface area contributed by atoms with Gasteiger partial charge < -0.3 is 9.64 Å². The van der Waals surface area contributed by atoms with E-state index in [-0.39, 0.29) is 24.2 Å². The average Bonchev–Trinajstić information content (AvgIpc) is 3.09. The van der Waals surface area contributed by atoms with Gasteiger partial charge in [0, 0.05) is 18.0 Å². The third kappa shape index (κ3) is 3.15. The van der Waals surface area contributed by atoms with Crippen LogP contribution in [0.1, 0.15) is 44.2 Å². The van der Waals surface area contributed by atoms with Gasteiger partial charge in [0.25, 0.3) is 0 Å². The minimum absolute atomic E-state index is 0.00965. The number of ether oxygens (including phenoxy) is 1. The highest BCUT2D eigenvalue weighted by atomic mass is 32.1. The van der Waals surface area contributed by atoms with Crippen LogP contribution in [0.3, 0.4) is 0 Å². The smallest absolute Gasteiger partial charge is 0.241 e. The Bertz CT molecular complexity index is 469. The number of thiophene rings is 1. The molecule has 0 radical (unpaired) electrons. The SMILES string of the molecule is CC(C)C1NC(c2cccs2)N(CC2CCCCO2)C1=O. The normalized spacial score (nSPS) is 30.3. The molecule has 1 aromatic heterocycles. The third-order valence-electron chi connectivity index (χ3n) is 4.35. The van der Waals surface area contributed by atoms with Crippen LogP contribution in [0.2, 0.25) is 0 Å². The van der Waals surface area contributed by atoms with E-state index in [0.29, 0.717) is 12.5 Å². The van der Waals surface area contributed by atoms with E-state index in [1.165, 1.54) is 11.3 Å². The van der Waals surface area contributed by atoms with Gasteiger partial charge in [0.15, 0.2) is 0 Å². The van der Waals surface area contributed by atoms with E-state index in [4.69, 9.17) is 4.74 Å². The Hall–Kier alpha value is -0.910. The number of nitrogens with one attached hydrogen (secondary N) is 1. The molecule has 3 unspecified atom stereocenters. The Morgan fingerprint density at radius 1 is 1.48 bits per heavy atom. The minimum Gasteiger partial charge on any atom is -0.376 e. The van der Waals surface area contributed by atoms with Crippen LogP contribution in [-0.2, 0) is 9.53 Å². The molecule has 0 aliphatic carbocycles. The monoisotopic (exact) mass is 308 g/mol. The predicted molar refractivity (Wildman–Crippen MR) is 84.1 cm³/mol. The largest absolute Gasteiger partial charge is 0.376 e. The van der Waals surface area contributed by atoms with Crippen molar-refractivity contribution in [2.75, 3.05) is 13.2 Å². The van der Waals surface area contributed by atoms with Gasteiger partial charge in [-0.2, -0.15) is 0 Å². The van der Waals surface area contributed by atoms with Crippen molar-refractivity contribution in [3.05, 3.63) is 22.4 Å². The number of rotatable bonds is 4. The van der Waals surface area contributed by atoms with Crippen LogP contribution in [0.5, 0.6) is 0 Å². The van der Waals surface area contributed by atoms with Gasteiger partial charge in [-0.05, 0) is 36.6 Å². The van der Waals surface area contributed by atoms with Gasteiger partial charge in [0.05, 0.1) is 12.1 Å². The van der Waals surface area contributed by atoms with Crippen molar-refractivity contribution in [1.29, 1.82) is 0 Å². The first-order valence-corrected chi connectivity index (χ1v) is 8.76. The molecule has 1 amide bonds. The van der Waals surface area contributed by atoms with Crippen LogP contribution in [0.4, 0.5) is 0 Å². The maximum Gasteiger partial charge on any atom is 0.241 e. The molecule has 2 aliphatic rings. The predicted octanol–water partition coefficient (Wildman–Crippen LogP) is 2.77. The lowest BCUT2D eigenvalue weighted by Gasteiger charge is -2.30. The number of hydrogen-bond acceptors (Lipinski definition) is 4. The molecule has 0 aromatic carbocycles. The second kappa shape index (κ2) is 6.46. The standard InChI is InChI=1S/C16H24N2O2S/c1-11(2)14-16(19)18(10-12-6-3-4-8-20-12)15(17-14)13-7-5-9-21-13/h5,7,9,11-12,14-15,17H,3-4,6,8,10H2,1-2H3. The van der Waals surface area contributed by atoms with Gasteiger partial charge in [0.1, 0.15) is 6.17 Å². The van der Waals surface area contributed by atoms with Crippen molar-refractivity contribution in [3.8, 4) is 0 Å². The quantitative estimate of drug-likeness (QED) is 0.930. The summed E-state index contributed by atoms with van der Waals surface area (Å²) in [7, 11) is 0. The molecule has 1 N–H and O–H groups in total. The molecular formula is C16H24N2O2S. The first kappa shape index (κ1) is 15.0. The summed E-state index contributed by atoms with van der Waals surface area (Å²) in [5.41, 5.74) is 0. The van der Waals surface area contributed by atoms with E-state index in [0.717, 1.165) is 19.4 Å². The molecular weight excluding hydrogens is 284 g/mol. The van der Waals surface area contributed by atoms with E-state index in [2.05, 4.69) is 30.6 Å². The van der Waals surface area contributed by atoms with E-state index in [1.54, 1.807) is 11.3 Å². The number of carbonyl (C=O) groups is 1. The fourth-order valence-corrected chi connectivity index (χ4v) is 3.96. The lowest BCUT2D eigenvalue weighted by molar-refractivity contribution is -0.133. The molecule has 0 spiro atoms. The van der Waals surface area contributed by atoms with Gasteiger partial charge in [-0.3, -0.25) is 10.1 Å². The van der Waals surface area contributed by atoms with Crippen LogP contribution >= 0.6 is 11.3 Å². The highest BCUT2D eigenvalue weighted by molar-refractivity contribution is 7.10. The zero-order chi connectivity index (χ0) is 14.8. The molecule has 3 heterocycles. The summed E-state index contributed by atoms with van der Waals surface area (Å²) < 4.78 is 5.83. The summed E-state index contributed by atoms with van der Waals surface area (Å²) in [6, 6.07) is 4.07. The lowest BCUT2D eigenvalue weighted by atomic mass is 10.0. The molecule has 5 heteroatoms. The van der Waals surface area contributed by atoms with Gasteiger partial charge in [0.2, 0.25) is 5.91 Å². The van der Waals surface area contributed by atoms with Crippen molar-refractivity contribution in [2.45, 2.75) is 51.4 Å². The first-order valence-electron chi connectivity index (χ1n) is 7.88. The molecule has 2 fully saturated rings. The Labute approximate surface area is 130 Å². The first-order chi connectivity index (χ1) is 10.2. The maximum absolute atomic E-state index is 12.7. The number of carbonyl (C=O) groups excluding carboxylic acids is 1. The molecule has 0 saturated carbocycles. The Balaban J connectivity index is 1.77. The molecule has 21 heavy (non-hydrogen) atoms. The fourth-order valence-electron chi connectivity index (χ4n) is 3.16. The second-order valence-corrected chi connectivity index (χ2v) is 7.26. The number of nitrogens with zero attached hydrogens (tertiary/aromatic N) is 1. The molecule has 116 valence electrons. The van der Waals surface area contributed by atoms with Crippen LogP contribution < -0.4 is 5.32 Å². The summed E-state index contributed by atoms with van der Waals surface area (Å²) in [6.07, 6.45) is 3.62. The maximum atomic E-state index is 12.7. The highest BCUT2D eigenvalue weighted by Gasteiger charge is 2.42. The van der Waals surface area contributed by atoms with E-state index < -0.39 is 0 Å². The Morgan fingerprint density at radius 3 is 2.95 bits per heavy atom. The molecule has 2 aliphatic heterocycles. The van der Waals surface area contributed by atoms with E-state index in [9.17, 15) is 4.79 Å². The molecule has 3 rings (SSSR count). The van der Waals surface area contributed by atoms with E-state index >= 15 is 0 Å². The summed E-state index contributed by atoms with van der Waals surface area (Å²) in [6.45, 7) is 5.73. The summed E-state index contributed by atoms with van der Waals surface area (Å²) in [5, 5.41) is 5.58. The van der Waals surface area contributed by atoms with Crippen molar-refractivity contribution in [1.82, 2.24) is 10.2 Å². The minimum atomic E-state index is -0.0827. The van der Waals surface area contributed by atoms with Gasteiger partial charge in [-0.1, -0.05) is 19.9 Å². The van der Waals surface area contributed by atoms with Crippen LogP contribution in [0, 0.1) is 5.92 Å². The molecule has 1 aromatic rings. The highest BCUT2D eigenvalue weighted by Crippen LogP contribution is 2.31. The van der Waals surface area contributed by atoms with Gasteiger partial charge in [-0.15, -0.1) is 11.3 Å². The van der Waals surface area contributed by atoms with Crippen molar-refractivity contribution >= 4 is 17.2 Å². The molecule has 2 saturated heterocycles. The summed E-state index contributed by atoms with van der Waals surface area (Å²) in [5.74, 6) is 0.523. The Morgan fingerprint density at radius 2 is 2.33 bits per heavy atom. The topological polar surface area (TPSA) is 41.6 Å². The molecule has 3 atom stereocenters. The summed E-state index contributed by atoms with van der Waals surface area (Å²) in [4.78, 5) is 15.9. The number of amides is 1. The van der Waals surface area contributed by atoms with Crippen molar-refractivity contribution in [3.63, 3.8) is 0 Å². The lowest BCUT2D eigenvalue weighted by Crippen LogP contribution is -2.40. The van der Waals surface area contributed by atoms with Crippen LogP contribution in [0.25, 0.3) is 0 Å². The molecule has 4 nitrogen and oxygen atoms in total. The van der Waals surface area contributed by atoms with Crippen LogP contribution in [0.15, 0.2) is 17.5 Å². The Kier molecular flexibility index (Phi) is 4.62. The van der Waals surface area contributed by atoms with Crippen molar-refractivity contribution < 1.29 is 9.53 Å². The second-order valence-electron chi connectivity index (χ2n) is 6.29. The molecule has 0 bridgehead atoms. The van der Waals surface area contributed by atoms with Crippen molar-refractivity contribution in [2.24, 2.45) is 5.92 Å². The third-order valence-corrected chi connectivity index (χ3v) is 5.28. The van der Waals surface area contributed by atoms with Gasteiger partial charge in [-0.25, -0.2) is 0 Å². The average molecular weight is 308 g/mol. The number of hydrogen-bond donors (Lipinski definition) is 1. The zero-order valence-electron chi connectivity index (χ0n) is 12.7. The van der Waals surface area contributed by atoms with Gasteiger partial charge >= 0.3 is 0 Å². The van der Waals surface area contributed by atoms with E-state index in [1.807, 2.05) is 11.0 Å². The van der Waals surface area contributed by atoms with Crippen LogP contribution in [-0.4, -0.2) is 36.1 Å².